The average Bonchev–Trinajstić information content (AvgIpc) is 3.30. The normalized spacial score (nSPS) is 22.2. The summed E-state index contributed by atoms with van der Waals surface area (Å²) in [6.45, 7) is 0.254. The summed E-state index contributed by atoms with van der Waals surface area (Å²) < 4.78 is 43.2. The Morgan fingerprint density at radius 3 is 2.46 bits per heavy atom. The molecule has 4 rings (SSSR count). The Kier molecular flexibility index (Phi) is 5.09. The Hall–Kier alpha value is -2.42. The lowest BCUT2D eigenvalue weighted by Crippen LogP contribution is -2.46. The molecule has 1 amide bonds. The largest absolute Gasteiger partial charge is 0.406 e. The summed E-state index contributed by atoms with van der Waals surface area (Å²) in [5, 5.41) is 4.05. The summed E-state index contributed by atoms with van der Waals surface area (Å²) >= 11 is 0. The van der Waals surface area contributed by atoms with Crippen molar-refractivity contribution in [2.24, 2.45) is 0 Å². The zero-order valence-electron chi connectivity index (χ0n) is 15.2. The van der Waals surface area contributed by atoms with E-state index in [0.717, 1.165) is 23.3 Å². The van der Waals surface area contributed by atoms with Gasteiger partial charge in [0.15, 0.2) is 0 Å². The van der Waals surface area contributed by atoms with Gasteiger partial charge in [0.05, 0.1) is 6.04 Å². The summed E-state index contributed by atoms with van der Waals surface area (Å²) in [4.78, 5) is 19.7. The van der Waals surface area contributed by atoms with E-state index in [4.69, 9.17) is 4.52 Å². The van der Waals surface area contributed by atoms with Crippen LogP contribution in [0.25, 0.3) is 11.4 Å². The second kappa shape index (κ2) is 7.54. The highest BCUT2D eigenvalue weighted by molar-refractivity contribution is 5.84. The number of rotatable bonds is 4. The van der Waals surface area contributed by atoms with Gasteiger partial charge < -0.3 is 9.42 Å². The van der Waals surface area contributed by atoms with Crippen LogP contribution in [0.4, 0.5) is 13.2 Å². The highest BCUT2D eigenvalue weighted by Crippen LogP contribution is 2.31. The molecule has 2 fully saturated rings. The molecule has 0 radical (unpaired) electrons. The van der Waals surface area contributed by atoms with Crippen molar-refractivity contribution in [2.75, 3.05) is 26.2 Å². The predicted molar refractivity (Wildman–Crippen MR) is 94.3 cm³/mol. The van der Waals surface area contributed by atoms with Gasteiger partial charge in [0.1, 0.15) is 6.54 Å². The molecule has 9 heteroatoms. The van der Waals surface area contributed by atoms with Gasteiger partial charge in [-0.25, -0.2) is 0 Å². The van der Waals surface area contributed by atoms with Gasteiger partial charge in [0.2, 0.25) is 17.6 Å². The fourth-order valence-electron chi connectivity index (χ4n) is 4.00. The molecule has 6 nitrogen and oxygen atoms in total. The Bertz CT molecular complexity index is 816. The number of aromatic nitrogens is 2. The average molecular weight is 394 g/mol. The van der Waals surface area contributed by atoms with Gasteiger partial charge in [0, 0.05) is 18.0 Å². The third kappa shape index (κ3) is 4.04. The molecule has 0 N–H and O–H groups in total. The smallest absolute Gasteiger partial charge is 0.339 e. The molecule has 0 bridgehead atoms. The first kappa shape index (κ1) is 18.9. The summed E-state index contributed by atoms with van der Waals surface area (Å²) in [5.74, 6) is 0.811. The zero-order valence-corrected chi connectivity index (χ0v) is 15.2. The lowest BCUT2D eigenvalue weighted by molar-refractivity contribution is -0.159. The Balaban J connectivity index is 1.34. The second-order valence-corrected chi connectivity index (χ2v) is 7.31. The van der Waals surface area contributed by atoms with Crippen LogP contribution in [0.15, 0.2) is 34.9 Å². The molecular formula is C19H21F3N4O2. The van der Waals surface area contributed by atoms with Gasteiger partial charge in [-0.3, -0.25) is 9.69 Å². The number of piperidine rings is 1. The monoisotopic (exact) mass is 394 g/mol. The summed E-state index contributed by atoms with van der Waals surface area (Å²) in [6.07, 6.45) is -2.44. The van der Waals surface area contributed by atoms with Crippen LogP contribution in [-0.2, 0) is 4.79 Å². The van der Waals surface area contributed by atoms with Crippen molar-refractivity contribution >= 4 is 5.91 Å². The number of hydrogen-bond acceptors (Lipinski definition) is 5. The third-order valence-corrected chi connectivity index (χ3v) is 5.43. The molecular weight excluding hydrogens is 373 g/mol. The Morgan fingerprint density at radius 2 is 1.79 bits per heavy atom. The van der Waals surface area contributed by atoms with Crippen LogP contribution in [-0.4, -0.2) is 64.2 Å². The number of hydrogen-bond donors (Lipinski definition) is 0. The van der Waals surface area contributed by atoms with Gasteiger partial charge in [0.25, 0.3) is 0 Å². The molecule has 150 valence electrons. The van der Waals surface area contributed by atoms with Gasteiger partial charge in [-0.1, -0.05) is 35.5 Å². The van der Waals surface area contributed by atoms with Crippen LogP contribution < -0.4 is 0 Å². The lowest BCUT2D eigenvalue weighted by atomic mass is 9.95. The maximum atomic E-state index is 12.6. The Morgan fingerprint density at radius 1 is 1.07 bits per heavy atom. The predicted octanol–water partition coefficient (Wildman–Crippen LogP) is 3.08. The van der Waals surface area contributed by atoms with E-state index >= 15 is 0 Å². The molecule has 1 aromatic carbocycles. The number of amides is 1. The van der Waals surface area contributed by atoms with Crippen LogP contribution in [0, 0.1) is 0 Å². The van der Waals surface area contributed by atoms with Crippen molar-refractivity contribution in [3.8, 4) is 11.4 Å². The number of nitrogens with zero attached hydrogens (tertiary/aromatic N) is 4. The van der Waals surface area contributed by atoms with Gasteiger partial charge >= 0.3 is 6.18 Å². The first-order chi connectivity index (χ1) is 13.4. The van der Waals surface area contributed by atoms with Crippen LogP contribution in [0.3, 0.4) is 0 Å². The third-order valence-electron chi connectivity index (χ3n) is 5.43. The topological polar surface area (TPSA) is 62.5 Å². The summed E-state index contributed by atoms with van der Waals surface area (Å²) in [5.41, 5.74) is 0.885. The molecule has 2 aliphatic rings. The molecule has 2 saturated heterocycles. The van der Waals surface area contributed by atoms with E-state index in [0.29, 0.717) is 31.2 Å². The van der Waals surface area contributed by atoms with E-state index in [2.05, 4.69) is 10.1 Å². The van der Waals surface area contributed by atoms with Gasteiger partial charge in [-0.15, -0.1) is 0 Å². The minimum Gasteiger partial charge on any atom is -0.339 e. The van der Waals surface area contributed by atoms with Crippen molar-refractivity contribution in [2.45, 2.75) is 37.4 Å². The summed E-state index contributed by atoms with van der Waals surface area (Å²) in [6, 6.07) is 9.10. The van der Waals surface area contributed by atoms with Crippen LogP contribution in [0.2, 0.25) is 0 Å². The van der Waals surface area contributed by atoms with E-state index in [1.165, 1.54) is 0 Å². The van der Waals surface area contributed by atoms with E-state index in [1.54, 1.807) is 0 Å². The molecule has 1 unspecified atom stereocenters. The van der Waals surface area contributed by atoms with Crippen LogP contribution in [0.1, 0.15) is 31.1 Å². The summed E-state index contributed by atoms with van der Waals surface area (Å²) in [7, 11) is 0. The van der Waals surface area contributed by atoms with E-state index < -0.39 is 24.7 Å². The Labute approximate surface area is 160 Å². The molecule has 3 heterocycles. The molecule has 0 spiro atoms. The number of likely N-dealkylation sites (tertiary alicyclic amines) is 2. The molecule has 2 aromatic rings. The second-order valence-electron chi connectivity index (χ2n) is 7.31. The highest BCUT2D eigenvalue weighted by atomic mass is 19.4. The van der Waals surface area contributed by atoms with Gasteiger partial charge in [-0.05, 0) is 32.4 Å². The minimum absolute atomic E-state index is 0.101. The van der Waals surface area contributed by atoms with E-state index in [9.17, 15) is 18.0 Å². The van der Waals surface area contributed by atoms with Crippen molar-refractivity contribution in [3.05, 3.63) is 36.2 Å². The zero-order chi connectivity index (χ0) is 19.7. The molecule has 1 atom stereocenters. The van der Waals surface area contributed by atoms with Crippen LogP contribution in [0.5, 0.6) is 0 Å². The SMILES string of the molecule is O=C1C(N2CCC(c3nc(-c4ccccc4)no3)CC2)CCN1CC(F)(F)F. The molecule has 2 aliphatic heterocycles. The van der Waals surface area contributed by atoms with E-state index in [-0.39, 0.29) is 12.5 Å². The standard InChI is InChI=1S/C19H21F3N4O2/c20-19(21,22)12-26-11-8-15(18(26)27)25-9-6-14(7-10-25)17-23-16(24-28-17)13-4-2-1-3-5-13/h1-5,14-15H,6-12H2. The fraction of sp³-hybridized carbons (Fsp3) is 0.526. The number of benzene rings is 1. The highest BCUT2D eigenvalue weighted by Gasteiger charge is 2.42. The maximum absolute atomic E-state index is 12.6. The van der Waals surface area contributed by atoms with Crippen molar-refractivity contribution < 1.29 is 22.5 Å². The number of alkyl halides is 3. The first-order valence-electron chi connectivity index (χ1n) is 9.39. The minimum atomic E-state index is -4.36. The van der Waals surface area contributed by atoms with E-state index in [1.807, 2.05) is 35.2 Å². The quantitative estimate of drug-likeness (QED) is 0.798. The molecule has 1 aromatic heterocycles. The van der Waals surface area contributed by atoms with Gasteiger partial charge in [-0.2, -0.15) is 18.2 Å². The van der Waals surface area contributed by atoms with Crippen molar-refractivity contribution in [3.63, 3.8) is 0 Å². The fourth-order valence-corrected chi connectivity index (χ4v) is 4.00. The molecule has 0 aliphatic carbocycles. The first-order valence-corrected chi connectivity index (χ1v) is 9.39. The molecule has 0 saturated carbocycles. The number of carbonyl (C=O) groups excluding carboxylic acids is 1. The lowest BCUT2D eigenvalue weighted by Gasteiger charge is -2.33. The van der Waals surface area contributed by atoms with Crippen molar-refractivity contribution in [1.29, 1.82) is 0 Å². The maximum Gasteiger partial charge on any atom is 0.406 e. The van der Waals surface area contributed by atoms with Crippen molar-refractivity contribution in [1.82, 2.24) is 19.9 Å². The van der Waals surface area contributed by atoms with Crippen LogP contribution >= 0.6 is 0 Å². The molecule has 28 heavy (non-hydrogen) atoms. The number of halogens is 3. The number of carbonyl (C=O) groups is 1.